The first-order chi connectivity index (χ1) is 8.43. The van der Waals surface area contributed by atoms with Crippen LogP contribution in [0.25, 0.3) is 0 Å². The zero-order valence-corrected chi connectivity index (χ0v) is 11.2. The highest BCUT2D eigenvalue weighted by Gasteiger charge is 2.27. The highest BCUT2D eigenvalue weighted by atomic mass is 35.5. The molecule has 0 saturated heterocycles. The number of benzene rings is 1. The predicted molar refractivity (Wildman–Crippen MR) is 68.4 cm³/mol. The molecule has 0 amide bonds. The Morgan fingerprint density at radius 2 is 1.83 bits per heavy atom. The Labute approximate surface area is 114 Å². The van der Waals surface area contributed by atoms with Crippen LogP contribution in [0.5, 0.6) is 5.75 Å². The van der Waals surface area contributed by atoms with E-state index in [-0.39, 0.29) is 12.2 Å². The lowest BCUT2D eigenvalue weighted by atomic mass is 10.1. The molecule has 1 atom stereocenters. The lowest BCUT2D eigenvalue weighted by Crippen LogP contribution is -2.35. The van der Waals surface area contributed by atoms with Gasteiger partial charge in [-0.15, -0.1) is 0 Å². The van der Waals surface area contributed by atoms with E-state index in [0.29, 0.717) is 16.5 Å². The predicted octanol–water partition coefficient (Wildman–Crippen LogP) is 3.19. The molecule has 0 aliphatic rings. The van der Waals surface area contributed by atoms with Crippen LogP contribution in [0.3, 0.4) is 0 Å². The lowest BCUT2D eigenvalue weighted by Gasteiger charge is -2.14. The second-order valence-electron chi connectivity index (χ2n) is 3.66. The molecule has 0 aliphatic heterocycles. The molecule has 1 aromatic rings. The van der Waals surface area contributed by atoms with Crippen LogP contribution in [-0.4, -0.2) is 23.0 Å². The standard InChI is InChI=1S/C12H12Cl2O4/c1-2-3-10(15)11(12(16)17)18-9-5-7(13)4-8(14)6-9/h4-6,11H,2-3H2,1H3,(H,16,17). The van der Waals surface area contributed by atoms with Crippen LogP contribution in [0.4, 0.5) is 0 Å². The fourth-order valence-electron chi connectivity index (χ4n) is 1.36. The van der Waals surface area contributed by atoms with Gasteiger partial charge >= 0.3 is 5.97 Å². The van der Waals surface area contributed by atoms with Gasteiger partial charge in [-0.25, -0.2) is 4.79 Å². The van der Waals surface area contributed by atoms with Crippen LogP contribution < -0.4 is 4.74 Å². The van der Waals surface area contributed by atoms with Crippen LogP contribution in [0.2, 0.25) is 10.0 Å². The summed E-state index contributed by atoms with van der Waals surface area (Å²) in [6, 6.07) is 4.30. The highest BCUT2D eigenvalue weighted by Crippen LogP contribution is 2.25. The number of ether oxygens (including phenoxy) is 1. The van der Waals surface area contributed by atoms with E-state index >= 15 is 0 Å². The topological polar surface area (TPSA) is 63.6 Å². The molecule has 0 fully saturated rings. The summed E-state index contributed by atoms with van der Waals surface area (Å²) in [5, 5.41) is 9.58. The monoisotopic (exact) mass is 290 g/mol. The smallest absolute Gasteiger partial charge is 0.352 e. The third kappa shape index (κ3) is 4.20. The van der Waals surface area contributed by atoms with Crippen molar-refractivity contribution < 1.29 is 19.4 Å². The molecule has 6 heteroatoms. The van der Waals surface area contributed by atoms with Gasteiger partial charge in [0.15, 0.2) is 5.78 Å². The van der Waals surface area contributed by atoms with Crippen molar-refractivity contribution in [2.75, 3.05) is 0 Å². The molecule has 0 heterocycles. The first kappa shape index (κ1) is 14.8. The summed E-state index contributed by atoms with van der Waals surface area (Å²) in [7, 11) is 0. The Morgan fingerprint density at radius 3 is 2.28 bits per heavy atom. The van der Waals surface area contributed by atoms with Gasteiger partial charge in [0.1, 0.15) is 5.75 Å². The van der Waals surface area contributed by atoms with E-state index in [2.05, 4.69) is 0 Å². The number of hydrogen-bond acceptors (Lipinski definition) is 3. The molecule has 0 saturated carbocycles. The number of Topliss-reactive ketones (excluding diaryl/α,β-unsaturated/α-hetero) is 1. The van der Waals surface area contributed by atoms with E-state index in [1.165, 1.54) is 18.2 Å². The maximum Gasteiger partial charge on any atom is 0.352 e. The second-order valence-corrected chi connectivity index (χ2v) is 4.53. The van der Waals surface area contributed by atoms with Gasteiger partial charge in [0.2, 0.25) is 0 Å². The first-order valence-electron chi connectivity index (χ1n) is 5.32. The minimum Gasteiger partial charge on any atom is -0.478 e. The largest absolute Gasteiger partial charge is 0.478 e. The molecule has 0 radical (unpaired) electrons. The van der Waals surface area contributed by atoms with Crippen LogP contribution in [0.1, 0.15) is 19.8 Å². The number of hydrogen-bond donors (Lipinski definition) is 1. The Morgan fingerprint density at radius 1 is 1.28 bits per heavy atom. The molecule has 0 spiro atoms. The van der Waals surface area contributed by atoms with Crippen LogP contribution in [0, 0.1) is 0 Å². The fourth-order valence-corrected chi connectivity index (χ4v) is 1.87. The zero-order chi connectivity index (χ0) is 13.7. The van der Waals surface area contributed by atoms with E-state index < -0.39 is 17.9 Å². The van der Waals surface area contributed by atoms with Gasteiger partial charge in [-0.3, -0.25) is 4.79 Å². The molecule has 18 heavy (non-hydrogen) atoms. The first-order valence-corrected chi connectivity index (χ1v) is 6.08. The average molecular weight is 291 g/mol. The van der Waals surface area contributed by atoms with Crippen LogP contribution in [0.15, 0.2) is 18.2 Å². The summed E-state index contributed by atoms with van der Waals surface area (Å²) in [4.78, 5) is 22.6. The molecule has 1 rings (SSSR count). The quantitative estimate of drug-likeness (QED) is 0.817. The Balaban J connectivity index is 2.89. The minimum absolute atomic E-state index is 0.144. The van der Waals surface area contributed by atoms with Crippen molar-refractivity contribution in [3.63, 3.8) is 0 Å². The maximum absolute atomic E-state index is 11.6. The second kappa shape index (κ2) is 6.61. The van der Waals surface area contributed by atoms with Crippen molar-refractivity contribution in [1.82, 2.24) is 0 Å². The van der Waals surface area contributed by atoms with E-state index in [1.54, 1.807) is 6.92 Å². The molecule has 1 aromatic carbocycles. The highest BCUT2D eigenvalue weighted by molar-refractivity contribution is 6.34. The third-order valence-electron chi connectivity index (χ3n) is 2.10. The summed E-state index contributed by atoms with van der Waals surface area (Å²) in [6.07, 6.45) is -0.826. The van der Waals surface area contributed by atoms with Gasteiger partial charge in [-0.1, -0.05) is 30.1 Å². The summed E-state index contributed by atoms with van der Waals surface area (Å²) < 4.78 is 5.13. The van der Waals surface area contributed by atoms with Gasteiger partial charge in [-0.2, -0.15) is 0 Å². The molecule has 98 valence electrons. The van der Waals surface area contributed by atoms with Crippen LogP contribution in [-0.2, 0) is 9.59 Å². The normalized spacial score (nSPS) is 11.9. The lowest BCUT2D eigenvalue weighted by molar-refractivity contribution is -0.150. The maximum atomic E-state index is 11.6. The van der Waals surface area contributed by atoms with Crippen molar-refractivity contribution >= 4 is 35.0 Å². The Bertz CT molecular complexity index is 439. The van der Waals surface area contributed by atoms with Crippen molar-refractivity contribution in [1.29, 1.82) is 0 Å². The number of carbonyl (C=O) groups is 2. The summed E-state index contributed by atoms with van der Waals surface area (Å²) >= 11 is 11.5. The van der Waals surface area contributed by atoms with Crippen molar-refractivity contribution in [3.8, 4) is 5.75 Å². The zero-order valence-electron chi connectivity index (χ0n) is 9.65. The van der Waals surface area contributed by atoms with Crippen molar-refractivity contribution in [2.45, 2.75) is 25.9 Å². The number of halogens is 2. The van der Waals surface area contributed by atoms with Gasteiger partial charge in [0, 0.05) is 16.5 Å². The van der Waals surface area contributed by atoms with Gasteiger partial charge in [0.05, 0.1) is 0 Å². The molecule has 0 aromatic heterocycles. The molecule has 4 nitrogen and oxygen atoms in total. The number of aliphatic carboxylic acids is 1. The van der Waals surface area contributed by atoms with E-state index in [0.717, 1.165) is 0 Å². The van der Waals surface area contributed by atoms with Crippen LogP contribution >= 0.6 is 23.2 Å². The van der Waals surface area contributed by atoms with E-state index in [9.17, 15) is 9.59 Å². The molecule has 1 unspecified atom stereocenters. The van der Waals surface area contributed by atoms with Crippen molar-refractivity contribution in [2.24, 2.45) is 0 Å². The molecule has 0 aliphatic carbocycles. The number of ketones is 1. The Hall–Kier alpha value is -1.26. The Kier molecular flexibility index (Phi) is 5.44. The van der Waals surface area contributed by atoms with Crippen molar-refractivity contribution in [3.05, 3.63) is 28.2 Å². The number of carbonyl (C=O) groups excluding carboxylic acids is 1. The molecule has 1 N–H and O–H groups in total. The fraction of sp³-hybridized carbons (Fsp3) is 0.333. The summed E-state index contributed by atoms with van der Waals surface area (Å²) in [6.45, 7) is 1.78. The summed E-state index contributed by atoms with van der Waals surface area (Å²) in [5.41, 5.74) is 0. The third-order valence-corrected chi connectivity index (χ3v) is 2.54. The molecular formula is C12H12Cl2O4. The molecule has 0 bridgehead atoms. The average Bonchev–Trinajstić information content (AvgIpc) is 2.24. The SMILES string of the molecule is CCCC(=O)C(Oc1cc(Cl)cc(Cl)c1)C(=O)O. The minimum atomic E-state index is -1.53. The number of rotatable bonds is 6. The van der Waals surface area contributed by atoms with Gasteiger partial charge in [-0.05, 0) is 24.6 Å². The van der Waals surface area contributed by atoms with Gasteiger partial charge in [0.25, 0.3) is 6.10 Å². The van der Waals surface area contributed by atoms with E-state index in [1.807, 2.05) is 0 Å². The molecular weight excluding hydrogens is 279 g/mol. The van der Waals surface area contributed by atoms with E-state index in [4.69, 9.17) is 33.0 Å². The van der Waals surface area contributed by atoms with Gasteiger partial charge < -0.3 is 9.84 Å². The number of carboxylic acid groups (broad SMARTS) is 1. The summed E-state index contributed by atoms with van der Waals surface area (Å²) in [5.74, 6) is -1.66. The number of carboxylic acids is 1.